The Morgan fingerprint density at radius 1 is 1.25 bits per heavy atom. The van der Waals surface area contributed by atoms with E-state index in [1.807, 2.05) is 36.4 Å². The van der Waals surface area contributed by atoms with Gasteiger partial charge in [0.15, 0.2) is 0 Å². The predicted molar refractivity (Wildman–Crippen MR) is 111 cm³/mol. The number of hydrogen-bond donors (Lipinski definition) is 0. The molecule has 0 spiro atoms. The standard InChI is InChI=1S/C21H20BrN3O3/c1-2-28-21(26)19-23-17-9-8-15(22)12-16(17)20(24-19)25-10-11-27-13-18(25)14-6-4-3-5-7-14/h3-9,12,18H,2,10-11,13H2,1H3/t18-/m1/s1. The van der Waals surface area contributed by atoms with Gasteiger partial charge in [-0.1, -0.05) is 46.3 Å². The number of aromatic nitrogens is 2. The second-order valence-electron chi connectivity index (χ2n) is 6.45. The summed E-state index contributed by atoms with van der Waals surface area (Å²) in [7, 11) is 0. The molecule has 1 aliphatic heterocycles. The molecule has 7 heteroatoms. The van der Waals surface area contributed by atoms with Gasteiger partial charge in [0.1, 0.15) is 5.82 Å². The maximum atomic E-state index is 12.3. The first kappa shape index (κ1) is 18.8. The third-order valence-corrected chi connectivity index (χ3v) is 5.17. The molecule has 2 heterocycles. The van der Waals surface area contributed by atoms with E-state index in [1.165, 1.54) is 0 Å². The van der Waals surface area contributed by atoms with E-state index in [4.69, 9.17) is 9.47 Å². The number of hydrogen-bond acceptors (Lipinski definition) is 6. The third kappa shape index (κ3) is 3.72. The number of fused-ring (bicyclic) bond motifs is 1. The summed E-state index contributed by atoms with van der Waals surface area (Å²) in [4.78, 5) is 23.6. The number of carbonyl (C=O) groups excluding carboxylic acids is 1. The van der Waals surface area contributed by atoms with Crippen molar-refractivity contribution in [1.82, 2.24) is 9.97 Å². The summed E-state index contributed by atoms with van der Waals surface area (Å²) < 4.78 is 11.8. The van der Waals surface area contributed by atoms with Crippen molar-refractivity contribution in [1.29, 1.82) is 0 Å². The first-order chi connectivity index (χ1) is 13.7. The van der Waals surface area contributed by atoms with Crippen molar-refractivity contribution in [2.75, 3.05) is 31.3 Å². The topological polar surface area (TPSA) is 64.5 Å². The lowest BCUT2D eigenvalue weighted by molar-refractivity contribution is 0.0512. The molecule has 1 atom stereocenters. The van der Waals surface area contributed by atoms with Crippen LogP contribution in [0.25, 0.3) is 10.9 Å². The zero-order valence-corrected chi connectivity index (χ0v) is 17.1. The first-order valence-electron chi connectivity index (χ1n) is 9.21. The number of morpholine rings is 1. The zero-order valence-electron chi connectivity index (χ0n) is 15.5. The molecule has 0 amide bonds. The van der Waals surface area contributed by atoms with Crippen molar-refractivity contribution in [2.24, 2.45) is 0 Å². The molecule has 6 nitrogen and oxygen atoms in total. The average molecular weight is 442 g/mol. The summed E-state index contributed by atoms with van der Waals surface area (Å²) in [6.45, 7) is 3.86. The van der Waals surface area contributed by atoms with Crippen molar-refractivity contribution in [3.8, 4) is 0 Å². The smallest absolute Gasteiger partial charge is 0.376 e. The van der Waals surface area contributed by atoms with Crippen LogP contribution in [0.1, 0.15) is 29.1 Å². The van der Waals surface area contributed by atoms with Gasteiger partial charge in [0.05, 0.1) is 31.4 Å². The molecule has 2 aromatic carbocycles. The summed E-state index contributed by atoms with van der Waals surface area (Å²) in [6.07, 6.45) is 0. The summed E-state index contributed by atoms with van der Waals surface area (Å²) in [6, 6.07) is 16.0. The van der Waals surface area contributed by atoms with Crippen LogP contribution >= 0.6 is 15.9 Å². The molecule has 0 radical (unpaired) electrons. The van der Waals surface area contributed by atoms with Crippen molar-refractivity contribution in [3.63, 3.8) is 0 Å². The number of rotatable bonds is 4. The molecule has 0 saturated carbocycles. The molecule has 4 rings (SSSR count). The van der Waals surface area contributed by atoms with Gasteiger partial charge < -0.3 is 14.4 Å². The highest BCUT2D eigenvalue weighted by Crippen LogP contribution is 2.34. The molecule has 1 aliphatic rings. The van der Waals surface area contributed by atoms with Gasteiger partial charge in [-0.05, 0) is 30.7 Å². The molecule has 0 aliphatic carbocycles. The van der Waals surface area contributed by atoms with E-state index in [-0.39, 0.29) is 18.5 Å². The lowest BCUT2D eigenvalue weighted by atomic mass is 10.0. The van der Waals surface area contributed by atoms with Gasteiger partial charge in [0, 0.05) is 16.4 Å². The number of halogens is 1. The van der Waals surface area contributed by atoms with Crippen molar-refractivity contribution >= 4 is 38.6 Å². The maximum Gasteiger partial charge on any atom is 0.376 e. The van der Waals surface area contributed by atoms with E-state index in [9.17, 15) is 4.79 Å². The van der Waals surface area contributed by atoms with Gasteiger partial charge in [0.25, 0.3) is 0 Å². The summed E-state index contributed by atoms with van der Waals surface area (Å²) in [5.41, 5.74) is 1.84. The Hall–Kier alpha value is -2.51. The highest BCUT2D eigenvalue weighted by molar-refractivity contribution is 9.10. The van der Waals surface area contributed by atoms with E-state index in [1.54, 1.807) is 6.92 Å². The van der Waals surface area contributed by atoms with Crippen LogP contribution in [0.3, 0.4) is 0 Å². The number of carbonyl (C=O) groups is 1. The monoisotopic (exact) mass is 441 g/mol. The Morgan fingerprint density at radius 3 is 2.86 bits per heavy atom. The third-order valence-electron chi connectivity index (χ3n) is 4.68. The number of anilines is 1. The molecule has 0 bridgehead atoms. The Morgan fingerprint density at radius 2 is 2.07 bits per heavy atom. The molecule has 1 aromatic heterocycles. The second-order valence-corrected chi connectivity index (χ2v) is 7.36. The lowest BCUT2D eigenvalue weighted by Gasteiger charge is -2.37. The second kappa shape index (κ2) is 8.24. The van der Waals surface area contributed by atoms with E-state index >= 15 is 0 Å². The average Bonchev–Trinajstić information content (AvgIpc) is 2.74. The van der Waals surface area contributed by atoms with Gasteiger partial charge in [-0.15, -0.1) is 0 Å². The Bertz CT molecular complexity index is 997. The minimum atomic E-state index is -0.516. The van der Waals surface area contributed by atoms with Gasteiger partial charge in [-0.25, -0.2) is 14.8 Å². The summed E-state index contributed by atoms with van der Waals surface area (Å²) in [5.74, 6) is 0.273. The normalized spacial score (nSPS) is 16.9. The minimum Gasteiger partial charge on any atom is -0.460 e. The van der Waals surface area contributed by atoms with Gasteiger partial charge >= 0.3 is 5.97 Å². The molecule has 1 fully saturated rings. The SMILES string of the molecule is CCOC(=O)c1nc(N2CCOC[C@@H]2c2ccccc2)c2cc(Br)ccc2n1. The quantitative estimate of drug-likeness (QED) is 0.566. The van der Waals surface area contributed by atoms with Crippen LogP contribution in [-0.2, 0) is 9.47 Å². The van der Waals surface area contributed by atoms with Crippen LogP contribution in [0, 0.1) is 0 Å². The van der Waals surface area contributed by atoms with E-state index in [0.717, 1.165) is 15.4 Å². The first-order valence-corrected chi connectivity index (χ1v) is 10.0. The van der Waals surface area contributed by atoms with E-state index in [2.05, 4.69) is 42.9 Å². The highest BCUT2D eigenvalue weighted by Gasteiger charge is 2.28. The minimum absolute atomic E-state index is 0.00192. The molecular weight excluding hydrogens is 422 g/mol. The Balaban J connectivity index is 1.87. The summed E-state index contributed by atoms with van der Waals surface area (Å²) >= 11 is 3.53. The molecule has 1 saturated heterocycles. The fourth-order valence-corrected chi connectivity index (χ4v) is 3.76. The van der Waals surface area contributed by atoms with Crippen LogP contribution in [-0.4, -0.2) is 42.3 Å². The van der Waals surface area contributed by atoms with Crippen LogP contribution in [0.4, 0.5) is 5.82 Å². The van der Waals surface area contributed by atoms with Crippen molar-refractivity contribution < 1.29 is 14.3 Å². The van der Waals surface area contributed by atoms with E-state index < -0.39 is 5.97 Å². The molecule has 0 unspecified atom stereocenters. The molecule has 28 heavy (non-hydrogen) atoms. The molecular formula is C21H20BrN3O3. The molecule has 3 aromatic rings. The zero-order chi connectivity index (χ0) is 19.5. The number of ether oxygens (including phenoxy) is 2. The fourth-order valence-electron chi connectivity index (χ4n) is 3.40. The van der Waals surface area contributed by atoms with Crippen molar-refractivity contribution in [3.05, 3.63) is 64.4 Å². The highest BCUT2D eigenvalue weighted by atomic mass is 79.9. The number of nitrogens with zero attached hydrogens (tertiary/aromatic N) is 3. The van der Waals surface area contributed by atoms with E-state index in [0.29, 0.717) is 31.1 Å². The fraction of sp³-hybridized carbons (Fsp3) is 0.286. The Kier molecular flexibility index (Phi) is 5.54. The summed E-state index contributed by atoms with van der Waals surface area (Å²) in [5, 5.41) is 0.880. The van der Waals surface area contributed by atoms with Crippen LogP contribution in [0.15, 0.2) is 53.0 Å². The largest absolute Gasteiger partial charge is 0.460 e. The predicted octanol–water partition coefficient (Wildman–Crippen LogP) is 4.15. The number of benzene rings is 2. The lowest BCUT2D eigenvalue weighted by Crippen LogP contribution is -2.40. The maximum absolute atomic E-state index is 12.3. The van der Waals surface area contributed by atoms with Gasteiger partial charge in [-0.2, -0.15) is 0 Å². The molecule has 0 N–H and O–H groups in total. The number of esters is 1. The van der Waals surface area contributed by atoms with Crippen LogP contribution in [0.2, 0.25) is 0 Å². The van der Waals surface area contributed by atoms with Crippen molar-refractivity contribution in [2.45, 2.75) is 13.0 Å². The van der Waals surface area contributed by atoms with Crippen LogP contribution in [0.5, 0.6) is 0 Å². The van der Waals surface area contributed by atoms with Gasteiger partial charge in [0.2, 0.25) is 5.82 Å². The Labute approximate surface area is 171 Å². The van der Waals surface area contributed by atoms with Crippen LogP contribution < -0.4 is 4.90 Å². The molecule has 144 valence electrons. The van der Waals surface area contributed by atoms with Gasteiger partial charge in [-0.3, -0.25) is 0 Å².